The van der Waals surface area contributed by atoms with Crippen LogP contribution in [0.1, 0.15) is 19.4 Å². The van der Waals surface area contributed by atoms with E-state index in [0.717, 1.165) is 17.3 Å². The first-order valence-electron chi connectivity index (χ1n) is 5.53. The van der Waals surface area contributed by atoms with Crippen molar-refractivity contribution >= 4 is 17.4 Å². The van der Waals surface area contributed by atoms with Crippen molar-refractivity contribution in [3.05, 3.63) is 35.8 Å². The minimum Gasteiger partial charge on any atom is -0.468 e. The molecule has 1 aromatic heterocycles. The monoisotopic (exact) mass is 237 g/mol. The Morgan fingerprint density at radius 3 is 2.71 bits per heavy atom. The Balaban J connectivity index is 0.000000249. The number of carbonyl (C=O) groups is 1. The maximum Gasteiger partial charge on any atom is 0.293 e. The average molecular weight is 237 g/mol. The zero-order valence-electron chi connectivity index (χ0n) is 10.00. The Kier molecular flexibility index (Phi) is 5.20. The minimum absolute atomic E-state index is 0.170. The van der Waals surface area contributed by atoms with Crippen LogP contribution in [0, 0.1) is 5.82 Å². The lowest BCUT2D eigenvalue weighted by atomic mass is 10.1. The van der Waals surface area contributed by atoms with E-state index >= 15 is 0 Å². The highest BCUT2D eigenvalue weighted by Crippen LogP contribution is 2.19. The average Bonchev–Trinajstić information content (AvgIpc) is 2.73. The number of benzene rings is 1. The first-order valence-corrected chi connectivity index (χ1v) is 5.53. The Morgan fingerprint density at radius 2 is 2.18 bits per heavy atom. The van der Waals surface area contributed by atoms with E-state index in [1.807, 2.05) is 6.20 Å². The zero-order valence-corrected chi connectivity index (χ0v) is 10.00. The van der Waals surface area contributed by atoms with Crippen LogP contribution in [0.2, 0.25) is 0 Å². The first-order chi connectivity index (χ1) is 8.22. The van der Waals surface area contributed by atoms with Crippen LogP contribution < -0.4 is 0 Å². The maximum absolute atomic E-state index is 12.8. The summed E-state index contributed by atoms with van der Waals surface area (Å²) in [6, 6.07) is 4.81. The molecule has 3 nitrogen and oxygen atoms in total. The Labute approximate surface area is 99.6 Å². The highest BCUT2D eigenvalue weighted by Gasteiger charge is 2.01. The van der Waals surface area contributed by atoms with Crippen LogP contribution >= 0.6 is 0 Å². The number of hydrogen-bond acceptors (Lipinski definition) is 2. The quantitative estimate of drug-likeness (QED) is 0.834. The molecule has 0 bridgehead atoms. The molecule has 0 amide bonds. The molecule has 1 heterocycles. The number of halogens is 1. The molecule has 4 heteroatoms. The molecule has 0 fully saturated rings. The van der Waals surface area contributed by atoms with Crippen LogP contribution in [-0.2, 0) is 16.0 Å². The second-order valence-electron chi connectivity index (χ2n) is 3.41. The Morgan fingerprint density at radius 1 is 1.41 bits per heavy atom. The van der Waals surface area contributed by atoms with E-state index in [1.54, 1.807) is 19.1 Å². The second kappa shape index (κ2) is 6.68. The van der Waals surface area contributed by atoms with Crippen molar-refractivity contribution in [1.82, 2.24) is 4.98 Å². The molecule has 17 heavy (non-hydrogen) atoms. The van der Waals surface area contributed by atoms with Gasteiger partial charge in [0, 0.05) is 17.1 Å². The molecular formula is C13H16FNO2. The summed E-state index contributed by atoms with van der Waals surface area (Å²) < 4.78 is 17.0. The first kappa shape index (κ1) is 13.2. The third kappa shape index (κ3) is 3.59. The van der Waals surface area contributed by atoms with Crippen molar-refractivity contribution in [2.75, 3.05) is 6.61 Å². The number of rotatable bonds is 3. The van der Waals surface area contributed by atoms with Gasteiger partial charge in [-0.3, -0.25) is 4.79 Å². The number of carbonyl (C=O) groups excluding carboxylic acids is 1. The molecule has 0 saturated heterocycles. The normalized spacial score (nSPS) is 9.59. The fraction of sp³-hybridized carbons (Fsp3) is 0.308. The van der Waals surface area contributed by atoms with Crippen LogP contribution in [0.3, 0.4) is 0 Å². The van der Waals surface area contributed by atoms with Crippen LogP contribution in [0.15, 0.2) is 24.4 Å². The summed E-state index contributed by atoms with van der Waals surface area (Å²) in [6.07, 6.45) is 2.87. The third-order valence-corrected chi connectivity index (χ3v) is 2.35. The summed E-state index contributed by atoms with van der Waals surface area (Å²) >= 11 is 0. The standard InChI is InChI=1S/C10H10FN.C3H6O2/c1-2-7-6-12-10-4-3-8(11)5-9(7)10;1-2-5-3-4/h3-6,12H,2H2,1H3;3H,2H2,1H3. The van der Waals surface area contributed by atoms with Crippen molar-refractivity contribution in [3.63, 3.8) is 0 Å². The van der Waals surface area contributed by atoms with Crippen molar-refractivity contribution in [2.24, 2.45) is 0 Å². The lowest BCUT2D eigenvalue weighted by Crippen LogP contribution is -1.80. The zero-order chi connectivity index (χ0) is 12.7. The van der Waals surface area contributed by atoms with E-state index in [4.69, 9.17) is 0 Å². The number of nitrogens with one attached hydrogen (secondary N) is 1. The number of aryl methyl sites for hydroxylation is 1. The number of ether oxygens (including phenoxy) is 1. The van der Waals surface area contributed by atoms with Gasteiger partial charge in [0.25, 0.3) is 6.47 Å². The highest BCUT2D eigenvalue weighted by atomic mass is 19.1. The van der Waals surface area contributed by atoms with Gasteiger partial charge in [-0.05, 0) is 37.1 Å². The van der Waals surface area contributed by atoms with Gasteiger partial charge >= 0.3 is 0 Å². The molecule has 0 aliphatic rings. The van der Waals surface area contributed by atoms with E-state index in [9.17, 15) is 9.18 Å². The van der Waals surface area contributed by atoms with Crippen LogP contribution in [-0.4, -0.2) is 18.1 Å². The maximum atomic E-state index is 12.8. The molecule has 0 unspecified atom stereocenters. The molecule has 0 radical (unpaired) electrons. The predicted octanol–water partition coefficient (Wildman–Crippen LogP) is 3.05. The summed E-state index contributed by atoms with van der Waals surface area (Å²) in [5.74, 6) is -0.170. The molecule has 1 N–H and O–H groups in total. The van der Waals surface area contributed by atoms with Crippen LogP contribution in [0.4, 0.5) is 4.39 Å². The number of hydrogen-bond donors (Lipinski definition) is 1. The van der Waals surface area contributed by atoms with Crippen LogP contribution in [0.5, 0.6) is 0 Å². The smallest absolute Gasteiger partial charge is 0.293 e. The molecule has 0 saturated carbocycles. The topological polar surface area (TPSA) is 42.1 Å². The van der Waals surface area contributed by atoms with Crippen molar-refractivity contribution < 1.29 is 13.9 Å². The fourth-order valence-electron chi connectivity index (χ4n) is 1.51. The Hall–Kier alpha value is -1.84. The number of aromatic nitrogens is 1. The fourth-order valence-corrected chi connectivity index (χ4v) is 1.51. The molecule has 2 rings (SSSR count). The summed E-state index contributed by atoms with van der Waals surface area (Å²) in [6.45, 7) is 4.73. The summed E-state index contributed by atoms with van der Waals surface area (Å²) in [7, 11) is 0. The van der Waals surface area contributed by atoms with E-state index in [2.05, 4.69) is 16.6 Å². The molecule has 2 aromatic rings. The van der Waals surface area contributed by atoms with Gasteiger partial charge in [-0.15, -0.1) is 0 Å². The Bertz CT molecular complexity index is 479. The van der Waals surface area contributed by atoms with Gasteiger partial charge < -0.3 is 9.72 Å². The van der Waals surface area contributed by atoms with Gasteiger partial charge in [-0.2, -0.15) is 0 Å². The van der Waals surface area contributed by atoms with Gasteiger partial charge in [0.1, 0.15) is 5.82 Å². The lowest BCUT2D eigenvalue weighted by Gasteiger charge is -1.92. The largest absolute Gasteiger partial charge is 0.468 e. The summed E-state index contributed by atoms with van der Waals surface area (Å²) in [5, 5.41) is 0.998. The minimum atomic E-state index is -0.170. The van der Waals surface area contributed by atoms with Gasteiger partial charge in [0.15, 0.2) is 0 Å². The number of fused-ring (bicyclic) bond motifs is 1. The van der Waals surface area contributed by atoms with Gasteiger partial charge in [-0.1, -0.05) is 6.92 Å². The summed E-state index contributed by atoms with van der Waals surface area (Å²) in [4.78, 5) is 12.3. The molecule has 0 spiro atoms. The number of aromatic amines is 1. The van der Waals surface area contributed by atoms with Crippen molar-refractivity contribution in [3.8, 4) is 0 Å². The molecule has 0 aliphatic heterocycles. The predicted molar refractivity (Wildman–Crippen MR) is 65.3 cm³/mol. The van der Waals surface area contributed by atoms with E-state index < -0.39 is 0 Å². The molecule has 92 valence electrons. The SMILES string of the molecule is CCOC=O.CCc1c[nH]c2ccc(F)cc12. The van der Waals surface area contributed by atoms with Gasteiger partial charge in [0.05, 0.1) is 6.61 Å². The lowest BCUT2D eigenvalue weighted by molar-refractivity contribution is -0.128. The number of H-pyrrole nitrogens is 1. The highest BCUT2D eigenvalue weighted by molar-refractivity contribution is 5.83. The molecule has 1 aromatic carbocycles. The van der Waals surface area contributed by atoms with E-state index in [0.29, 0.717) is 13.1 Å². The summed E-state index contributed by atoms with van der Waals surface area (Å²) in [5.41, 5.74) is 2.18. The van der Waals surface area contributed by atoms with Gasteiger partial charge in [0.2, 0.25) is 0 Å². The van der Waals surface area contributed by atoms with Crippen molar-refractivity contribution in [2.45, 2.75) is 20.3 Å². The van der Waals surface area contributed by atoms with Crippen LogP contribution in [0.25, 0.3) is 10.9 Å². The van der Waals surface area contributed by atoms with Crippen molar-refractivity contribution in [1.29, 1.82) is 0 Å². The second-order valence-corrected chi connectivity index (χ2v) is 3.41. The molecule has 0 atom stereocenters. The third-order valence-electron chi connectivity index (χ3n) is 2.35. The molecular weight excluding hydrogens is 221 g/mol. The van der Waals surface area contributed by atoms with E-state index in [-0.39, 0.29) is 5.82 Å². The van der Waals surface area contributed by atoms with Gasteiger partial charge in [-0.25, -0.2) is 4.39 Å². The van der Waals surface area contributed by atoms with E-state index in [1.165, 1.54) is 11.6 Å². The molecule has 0 aliphatic carbocycles.